The molecule has 0 unspecified atom stereocenters. The van der Waals surface area contributed by atoms with Gasteiger partial charge in [0.15, 0.2) is 5.96 Å². The van der Waals surface area contributed by atoms with E-state index in [1.54, 1.807) is 13.8 Å². The van der Waals surface area contributed by atoms with E-state index >= 15 is 0 Å². The second-order valence-electron chi connectivity index (χ2n) is 13.6. The van der Waals surface area contributed by atoms with Gasteiger partial charge in [0.05, 0.1) is 25.6 Å². The molecular formula is C35H54N12O11S. The lowest BCUT2D eigenvalue weighted by Gasteiger charge is -2.28. The minimum atomic E-state index is -1.72. The molecule has 2 rings (SSSR count). The smallest absolute Gasteiger partial charge is 0.328 e. The summed E-state index contributed by atoms with van der Waals surface area (Å²) in [6.45, 7) is 1.38. The largest absolute Gasteiger partial charge is 0.508 e. The number of aliphatic hydroxyl groups excluding tert-OH is 2. The van der Waals surface area contributed by atoms with Crippen LogP contribution in [0.5, 0.6) is 5.75 Å². The van der Waals surface area contributed by atoms with Gasteiger partial charge in [-0.3, -0.25) is 33.8 Å². The number of hydrogen-bond donors (Lipinski definition) is 15. The van der Waals surface area contributed by atoms with Crippen molar-refractivity contribution in [2.75, 3.05) is 25.5 Å². The van der Waals surface area contributed by atoms with Crippen LogP contribution in [0.15, 0.2) is 41.8 Å². The number of carbonyl (C=O) groups excluding carboxylic acids is 6. The van der Waals surface area contributed by atoms with Crippen molar-refractivity contribution in [2.24, 2.45) is 28.1 Å². The van der Waals surface area contributed by atoms with Crippen molar-refractivity contribution >= 4 is 60.0 Å². The number of H-pyrrole nitrogens is 1. The third-order valence-corrected chi connectivity index (χ3v) is 8.99. The minimum absolute atomic E-state index is 0.000355. The zero-order valence-electron chi connectivity index (χ0n) is 32.5. The summed E-state index contributed by atoms with van der Waals surface area (Å²) in [6, 6.07) is -4.39. The van der Waals surface area contributed by atoms with Crippen molar-refractivity contribution < 1.29 is 54.0 Å². The Morgan fingerprint density at radius 3 is 1.81 bits per heavy atom. The Balaban J connectivity index is 2.39. The number of rotatable bonds is 25. The lowest BCUT2D eigenvalue weighted by molar-refractivity contribution is -0.143. The molecule has 1 aromatic heterocycles. The number of aromatic hydroxyl groups is 1. The molecule has 59 heavy (non-hydrogen) atoms. The van der Waals surface area contributed by atoms with E-state index in [1.165, 1.54) is 36.8 Å². The van der Waals surface area contributed by atoms with Crippen LogP contribution in [-0.4, -0.2) is 146 Å². The van der Waals surface area contributed by atoms with Gasteiger partial charge in [0, 0.05) is 37.0 Å². The summed E-state index contributed by atoms with van der Waals surface area (Å²) in [5.74, 6) is -7.74. The number of thiol groups is 1. The number of hydrogen-bond acceptors (Lipinski definition) is 14. The summed E-state index contributed by atoms with van der Waals surface area (Å²) in [5, 5.41) is 53.4. The predicted octanol–water partition coefficient (Wildman–Crippen LogP) is -5.15. The van der Waals surface area contributed by atoms with Gasteiger partial charge in [-0.25, -0.2) is 9.78 Å². The number of aliphatic imine (C=N–C) groups is 1. The molecular weight excluding hydrogens is 797 g/mol. The number of benzene rings is 1. The van der Waals surface area contributed by atoms with Crippen LogP contribution in [0.3, 0.4) is 0 Å². The Labute approximate surface area is 344 Å². The van der Waals surface area contributed by atoms with Crippen molar-refractivity contribution in [1.29, 1.82) is 0 Å². The van der Waals surface area contributed by atoms with Gasteiger partial charge >= 0.3 is 5.97 Å². The van der Waals surface area contributed by atoms with Gasteiger partial charge in [0.25, 0.3) is 0 Å². The van der Waals surface area contributed by atoms with Gasteiger partial charge in [-0.05, 0) is 36.5 Å². The van der Waals surface area contributed by atoms with E-state index in [0.29, 0.717) is 11.3 Å². The highest BCUT2D eigenvalue weighted by Crippen LogP contribution is 2.13. The van der Waals surface area contributed by atoms with Gasteiger partial charge in [0.2, 0.25) is 35.4 Å². The average Bonchev–Trinajstić information content (AvgIpc) is 3.71. The molecule has 23 nitrogen and oxygen atoms in total. The number of phenols is 1. The SMILES string of the molecule is CC(C)[C@H](NC(=O)[C@@H](N)CS)C(=O)N[C@@H](Cc1cnc[nH]1)C(=O)N[C@@H](CO)C(=O)N[C@@H](Cc1ccc(O)cc1)C(=O)N[C@@H](CCCN=C(N)N)C(=O)N[C@@H](CO)C(=O)O. The quantitative estimate of drug-likeness (QED) is 0.0192. The first-order chi connectivity index (χ1) is 27.9. The number of aliphatic hydroxyl groups is 2. The van der Waals surface area contributed by atoms with E-state index in [4.69, 9.17) is 17.2 Å². The maximum Gasteiger partial charge on any atom is 0.328 e. The van der Waals surface area contributed by atoms with Gasteiger partial charge < -0.3 is 74.5 Å². The highest BCUT2D eigenvalue weighted by atomic mass is 32.1. The number of nitrogens with two attached hydrogens (primary N) is 3. The molecule has 2 aromatic rings. The van der Waals surface area contributed by atoms with Crippen molar-refractivity contribution in [2.45, 2.75) is 81.8 Å². The van der Waals surface area contributed by atoms with Gasteiger partial charge in [-0.15, -0.1) is 0 Å². The first-order valence-corrected chi connectivity index (χ1v) is 19.0. The topological polar surface area (TPSA) is 392 Å². The van der Waals surface area contributed by atoms with Crippen molar-refractivity contribution in [1.82, 2.24) is 41.9 Å². The Bertz CT molecular complexity index is 1740. The van der Waals surface area contributed by atoms with Crippen molar-refractivity contribution in [3.63, 3.8) is 0 Å². The first kappa shape index (κ1) is 49.2. The Morgan fingerprint density at radius 2 is 1.29 bits per heavy atom. The zero-order valence-corrected chi connectivity index (χ0v) is 33.4. The number of aromatic nitrogens is 2. The molecule has 0 spiro atoms. The molecule has 0 aliphatic carbocycles. The molecule has 0 radical (unpaired) electrons. The van der Waals surface area contributed by atoms with Crippen LogP contribution < -0.4 is 49.1 Å². The van der Waals surface area contributed by atoms with Crippen LogP contribution >= 0.6 is 12.6 Å². The molecule has 0 aliphatic rings. The summed E-state index contributed by atoms with van der Waals surface area (Å²) < 4.78 is 0. The molecule has 6 amide bonds. The molecule has 24 heteroatoms. The van der Waals surface area contributed by atoms with Crippen LogP contribution in [0, 0.1) is 5.92 Å². The number of guanidine groups is 1. The molecule has 0 saturated carbocycles. The molecule has 1 aromatic carbocycles. The molecule has 326 valence electrons. The van der Waals surface area contributed by atoms with E-state index in [1.807, 2.05) is 0 Å². The summed E-state index contributed by atoms with van der Waals surface area (Å²) >= 11 is 4.01. The fourth-order valence-corrected chi connectivity index (χ4v) is 5.45. The monoisotopic (exact) mass is 850 g/mol. The fraction of sp³-hybridized carbons (Fsp3) is 0.514. The maximum atomic E-state index is 13.9. The van der Waals surface area contributed by atoms with Crippen LogP contribution in [0.4, 0.5) is 0 Å². The normalized spacial score (nSPS) is 14.6. The Morgan fingerprint density at radius 1 is 0.763 bits per heavy atom. The van der Waals surface area contributed by atoms with Gasteiger partial charge in [-0.1, -0.05) is 26.0 Å². The number of amides is 6. The van der Waals surface area contributed by atoms with Gasteiger partial charge in [0.1, 0.15) is 42.0 Å². The van der Waals surface area contributed by atoms with Crippen LogP contribution in [0.2, 0.25) is 0 Å². The standard InChI is InChI=1S/C35H54N12O11S/c1-17(2)27(47-28(51)21(36)15-59)33(56)44-24(11-19-12-39-16-41-19)31(54)45-25(13-48)32(55)43-23(10-18-5-7-20(50)8-6-18)30(53)42-22(4-3-9-40-35(37)38)29(52)46-26(14-49)34(57)58/h5-8,12,16-17,21-27,48-50,59H,3-4,9-11,13-15,36H2,1-2H3,(H,39,41)(H,42,53)(H,43,55)(H,44,56)(H,45,54)(H,46,52)(H,47,51)(H,57,58)(H4,37,38,40)/t21-,22-,23-,24-,25-,26-,27-/m0/s1. The van der Waals surface area contributed by atoms with Crippen LogP contribution in [0.25, 0.3) is 0 Å². The third kappa shape index (κ3) is 16.8. The van der Waals surface area contributed by atoms with E-state index in [9.17, 15) is 54.0 Å². The van der Waals surface area contributed by atoms with Crippen molar-refractivity contribution in [3.05, 3.63) is 48.0 Å². The third-order valence-electron chi connectivity index (χ3n) is 8.59. The van der Waals surface area contributed by atoms with E-state index in [2.05, 4.69) is 59.5 Å². The van der Waals surface area contributed by atoms with Crippen LogP contribution in [-0.2, 0) is 46.4 Å². The maximum absolute atomic E-state index is 13.9. The Kier molecular flexibility index (Phi) is 20.6. The molecule has 17 N–H and O–H groups in total. The molecule has 0 saturated heterocycles. The van der Waals surface area contributed by atoms with E-state index in [0.717, 1.165) is 0 Å². The summed E-state index contributed by atoms with van der Waals surface area (Å²) in [4.78, 5) is 103. The molecule has 0 aliphatic heterocycles. The lowest BCUT2D eigenvalue weighted by Crippen LogP contribution is -2.61. The second kappa shape index (κ2) is 24.7. The number of phenolic OH excluding ortho intramolecular Hbond substituents is 1. The Hall–Kier alpha value is -5.98. The summed E-state index contributed by atoms with van der Waals surface area (Å²) in [6.07, 6.45) is 2.28. The number of aromatic amines is 1. The number of carbonyl (C=O) groups is 7. The highest BCUT2D eigenvalue weighted by Gasteiger charge is 2.34. The summed E-state index contributed by atoms with van der Waals surface area (Å²) in [7, 11) is 0. The molecule has 7 atom stereocenters. The summed E-state index contributed by atoms with van der Waals surface area (Å²) in [5.41, 5.74) is 17.3. The average molecular weight is 851 g/mol. The number of nitrogens with zero attached hydrogens (tertiary/aromatic N) is 2. The van der Waals surface area contributed by atoms with E-state index < -0.39 is 103 Å². The fourth-order valence-electron chi connectivity index (χ4n) is 5.28. The first-order valence-electron chi connectivity index (χ1n) is 18.3. The minimum Gasteiger partial charge on any atom is -0.508 e. The molecule has 0 fully saturated rings. The number of aliphatic carboxylic acids is 1. The number of imidazole rings is 1. The molecule has 0 bridgehead atoms. The second-order valence-corrected chi connectivity index (χ2v) is 14.0. The highest BCUT2D eigenvalue weighted by molar-refractivity contribution is 7.80. The lowest BCUT2D eigenvalue weighted by atomic mass is 10.0. The van der Waals surface area contributed by atoms with Crippen molar-refractivity contribution in [3.8, 4) is 5.75 Å². The molecule has 1 heterocycles. The number of carboxylic acids is 1. The van der Waals surface area contributed by atoms with E-state index in [-0.39, 0.29) is 49.7 Å². The predicted molar refractivity (Wildman–Crippen MR) is 214 cm³/mol. The van der Waals surface area contributed by atoms with Crippen LogP contribution in [0.1, 0.15) is 37.9 Å². The van der Waals surface area contributed by atoms with Gasteiger partial charge in [-0.2, -0.15) is 12.6 Å². The zero-order chi connectivity index (χ0) is 44.2. The number of nitrogens with one attached hydrogen (secondary N) is 7. The number of carboxylic acid groups (broad SMARTS) is 1.